The third kappa shape index (κ3) is 24.8. The fraction of sp³-hybridized carbons (Fsp3) is 0.917. The monoisotopic (exact) mass is 1230 g/mol. The molecule has 6 N–H and O–H groups in total. The summed E-state index contributed by atoms with van der Waals surface area (Å²) in [6.07, 6.45) is 26.3. The Labute approximate surface area is 542 Å². The standard InChI is InChI=1S/C37H72N8.C35H66N8.H2/c1-27-38-30(41-37(13,14)26-32(2,3)4)40-31(39-27)45(29-24-35(9,10)43-36(11,12)25-29)21-19-17-16-18-20-44(15)28-22-33(5,6)42-34(7,8)23-28;1-26-36-30(38-27-18-14-13-15-19-27)39-31(37-26)43(29-24-34(6,7)41-35(8,9)25-29)21-17-12-11-16-20-42(10)28-22-32(2,3)40-33(4,5)23-28;/h28-29,42-43H,16-26H2,1-15H3,(H,38,39,40,41);27-29,40-41H,11-25H2,1-10H3,(H,36,37,38,39);1H. The first-order chi connectivity index (χ1) is 40.4. The fourth-order valence-corrected chi connectivity index (χ4v) is 17.8. The Balaban J connectivity index is 0.000000321. The molecule has 0 bridgehead atoms. The molecule has 2 aromatic rings. The molecule has 6 heterocycles. The van der Waals surface area contributed by atoms with Gasteiger partial charge in [0, 0.05) is 94.6 Å². The molecule has 16 nitrogen and oxygen atoms in total. The van der Waals surface area contributed by atoms with Gasteiger partial charge in [-0.05, 0) is 267 Å². The lowest BCUT2D eigenvalue weighted by Crippen LogP contribution is -2.62. The zero-order valence-corrected chi connectivity index (χ0v) is 61.7. The number of nitrogens with zero attached hydrogens (tertiary/aromatic N) is 10. The predicted octanol–water partition coefficient (Wildman–Crippen LogP) is 14.8. The highest BCUT2D eigenvalue weighted by Gasteiger charge is 2.44. The van der Waals surface area contributed by atoms with Gasteiger partial charge in [-0.25, -0.2) is 0 Å². The number of nitrogens with one attached hydrogen (secondary N) is 6. The van der Waals surface area contributed by atoms with Gasteiger partial charge in [-0.3, -0.25) is 0 Å². The van der Waals surface area contributed by atoms with E-state index in [1.54, 1.807) is 0 Å². The lowest BCUT2D eigenvalue weighted by molar-refractivity contribution is 0.0802. The summed E-state index contributed by atoms with van der Waals surface area (Å²) < 4.78 is 0. The molecule has 0 aromatic carbocycles. The van der Waals surface area contributed by atoms with Crippen molar-refractivity contribution >= 4 is 23.8 Å². The Hall–Kier alpha value is -3.02. The van der Waals surface area contributed by atoms with Gasteiger partial charge in [0.1, 0.15) is 11.6 Å². The molecule has 1 saturated carbocycles. The molecule has 7 rings (SSSR count). The summed E-state index contributed by atoms with van der Waals surface area (Å²) in [7, 11) is 4.68. The Morgan fingerprint density at radius 1 is 0.409 bits per heavy atom. The van der Waals surface area contributed by atoms with E-state index in [0.29, 0.717) is 36.2 Å². The topological polar surface area (TPSA) is 162 Å². The van der Waals surface area contributed by atoms with E-state index in [1.165, 1.54) is 109 Å². The summed E-state index contributed by atoms with van der Waals surface area (Å²) >= 11 is 0. The van der Waals surface area contributed by atoms with Gasteiger partial charge < -0.3 is 51.5 Å². The van der Waals surface area contributed by atoms with E-state index in [1.807, 2.05) is 13.8 Å². The van der Waals surface area contributed by atoms with Gasteiger partial charge >= 0.3 is 0 Å². The van der Waals surface area contributed by atoms with E-state index in [4.69, 9.17) is 29.9 Å². The Bertz CT molecular complexity index is 2410. The van der Waals surface area contributed by atoms with Crippen LogP contribution in [0.25, 0.3) is 0 Å². The van der Waals surface area contributed by atoms with E-state index in [2.05, 4.69) is 211 Å². The van der Waals surface area contributed by atoms with Crippen LogP contribution in [0.4, 0.5) is 23.8 Å². The van der Waals surface area contributed by atoms with E-state index in [0.717, 1.165) is 87.5 Å². The minimum atomic E-state index is -0.125. The van der Waals surface area contributed by atoms with Gasteiger partial charge in [0.25, 0.3) is 0 Å². The van der Waals surface area contributed by atoms with Crippen LogP contribution in [-0.4, -0.2) is 160 Å². The van der Waals surface area contributed by atoms with Gasteiger partial charge in [0.2, 0.25) is 23.8 Å². The second-order valence-corrected chi connectivity index (χ2v) is 36.2. The van der Waals surface area contributed by atoms with Gasteiger partial charge in [0.05, 0.1) is 0 Å². The molecule has 0 spiro atoms. The van der Waals surface area contributed by atoms with Gasteiger partial charge in [-0.2, -0.15) is 29.9 Å². The van der Waals surface area contributed by atoms with Crippen molar-refractivity contribution in [3.63, 3.8) is 0 Å². The molecule has 1 aliphatic carbocycles. The van der Waals surface area contributed by atoms with Gasteiger partial charge in [-0.1, -0.05) is 65.7 Å². The second kappa shape index (κ2) is 29.5. The molecule has 0 amide bonds. The molecular formula is C72H140N16. The lowest BCUT2D eigenvalue weighted by atomic mass is 9.79. The first kappa shape index (κ1) is 74.0. The molecule has 5 aliphatic rings. The zero-order chi connectivity index (χ0) is 65.5. The largest absolute Gasteiger partial charge is 0.351 e. The second-order valence-electron chi connectivity index (χ2n) is 36.2. The van der Waals surface area contributed by atoms with E-state index >= 15 is 0 Å². The van der Waals surface area contributed by atoms with Crippen molar-refractivity contribution in [1.82, 2.24) is 61.0 Å². The molecule has 0 unspecified atom stereocenters. The Morgan fingerprint density at radius 3 is 1.06 bits per heavy atom. The average molecular weight is 1230 g/mol. The number of anilines is 4. The van der Waals surface area contributed by atoms with E-state index in [-0.39, 0.29) is 56.7 Å². The van der Waals surface area contributed by atoms with Crippen molar-refractivity contribution in [2.24, 2.45) is 5.41 Å². The zero-order valence-electron chi connectivity index (χ0n) is 61.7. The molecule has 508 valence electrons. The predicted molar refractivity (Wildman–Crippen MR) is 378 cm³/mol. The minimum Gasteiger partial charge on any atom is -0.351 e. The number of rotatable bonds is 25. The highest BCUT2D eigenvalue weighted by Crippen LogP contribution is 2.38. The maximum atomic E-state index is 5.09. The molecule has 5 fully saturated rings. The summed E-state index contributed by atoms with van der Waals surface area (Å²) in [5.41, 5.74) is 1.07. The van der Waals surface area contributed by atoms with Crippen LogP contribution >= 0.6 is 0 Å². The van der Waals surface area contributed by atoms with Crippen LogP contribution in [0.5, 0.6) is 0 Å². The van der Waals surface area contributed by atoms with Crippen molar-refractivity contribution in [3.05, 3.63) is 11.6 Å². The van der Waals surface area contributed by atoms with Crippen molar-refractivity contribution in [2.75, 3.05) is 60.7 Å². The highest BCUT2D eigenvalue weighted by atomic mass is 15.3. The molecule has 16 heteroatoms. The summed E-state index contributed by atoms with van der Waals surface area (Å²) in [6.45, 7) is 57.2. The Kier molecular flexibility index (Phi) is 24.8. The summed E-state index contributed by atoms with van der Waals surface area (Å²) in [4.78, 5) is 39.8. The van der Waals surface area contributed by atoms with E-state index < -0.39 is 0 Å². The number of aromatic nitrogens is 6. The first-order valence-electron chi connectivity index (χ1n) is 35.5. The quantitative estimate of drug-likeness (QED) is 0.0520. The molecule has 88 heavy (non-hydrogen) atoms. The lowest BCUT2D eigenvalue weighted by Gasteiger charge is -2.49. The fourth-order valence-electron chi connectivity index (χ4n) is 17.8. The Morgan fingerprint density at radius 2 is 0.716 bits per heavy atom. The normalized spacial score (nSPS) is 23.1. The third-order valence-electron chi connectivity index (χ3n) is 19.5. The smallest absolute Gasteiger partial charge is 0.230 e. The molecule has 4 saturated heterocycles. The van der Waals surface area contributed by atoms with Crippen LogP contribution in [0.1, 0.15) is 300 Å². The van der Waals surface area contributed by atoms with Crippen molar-refractivity contribution in [1.29, 1.82) is 0 Å². The summed E-state index contributed by atoms with van der Waals surface area (Å²) in [5.74, 6) is 4.73. The summed E-state index contributed by atoms with van der Waals surface area (Å²) in [6, 6.07) is 2.53. The van der Waals surface area contributed by atoms with Crippen LogP contribution in [0.3, 0.4) is 0 Å². The molecule has 4 aliphatic heterocycles. The molecule has 0 radical (unpaired) electrons. The maximum Gasteiger partial charge on any atom is 0.230 e. The number of hydrogen-bond acceptors (Lipinski definition) is 16. The number of piperidine rings is 4. The average Bonchev–Trinajstić information content (AvgIpc) is 1.10. The van der Waals surface area contributed by atoms with E-state index in [9.17, 15) is 0 Å². The van der Waals surface area contributed by atoms with Gasteiger partial charge in [-0.15, -0.1) is 0 Å². The summed E-state index contributed by atoms with van der Waals surface area (Å²) in [5, 5.41) is 22.8. The van der Waals surface area contributed by atoms with Crippen LogP contribution in [-0.2, 0) is 0 Å². The minimum absolute atomic E-state index is 0. The van der Waals surface area contributed by atoms with Gasteiger partial charge in [0.15, 0.2) is 0 Å². The van der Waals surface area contributed by atoms with Crippen LogP contribution < -0.4 is 41.7 Å². The van der Waals surface area contributed by atoms with Crippen molar-refractivity contribution in [3.8, 4) is 0 Å². The first-order valence-corrected chi connectivity index (χ1v) is 35.5. The SMILES string of the molecule is Cc1nc(NC(C)(C)CC(C)(C)C)nc(N(CCCCCCN(C)C2CC(C)(C)NC(C)(C)C2)C2CC(C)(C)NC(C)(C)C2)n1.Cc1nc(NC2CCCCC2)nc(N(CCCCCCN(C)C2CC(C)(C)NC(C)(C)C2)C2CC(C)(C)NC(C)(C)C2)n1.[HH]. The molecular weight excluding hydrogens is 1090 g/mol. The number of aryl methyl sites for hydroxylation is 2. The van der Waals surface area contributed by atoms with Crippen LogP contribution in [0.2, 0.25) is 0 Å². The molecule has 2 aromatic heterocycles. The van der Waals surface area contributed by atoms with Crippen LogP contribution in [0.15, 0.2) is 0 Å². The molecule has 0 atom stereocenters. The third-order valence-corrected chi connectivity index (χ3v) is 19.5. The van der Waals surface area contributed by atoms with Crippen molar-refractivity contribution in [2.45, 2.75) is 381 Å². The number of hydrogen-bond donors (Lipinski definition) is 6. The van der Waals surface area contributed by atoms with Crippen molar-refractivity contribution < 1.29 is 1.43 Å². The maximum absolute atomic E-state index is 5.09. The van der Waals surface area contributed by atoms with Crippen LogP contribution in [0, 0.1) is 19.3 Å². The highest BCUT2D eigenvalue weighted by molar-refractivity contribution is 5.41. The number of unbranched alkanes of at least 4 members (excludes halogenated alkanes) is 6.